The van der Waals surface area contributed by atoms with Crippen molar-refractivity contribution in [3.05, 3.63) is 11.4 Å². The standard InChI is InChI=1S/C14H26N4O2S/c1-10-13(21(19,20)17-14(3,4)5)11(2)18(16-10)9-8-15-12-6-7-12/h12,15,17H,6-9H2,1-5H3. The van der Waals surface area contributed by atoms with Crippen LogP contribution in [0.25, 0.3) is 0 Å². The second kappa shape index (κ2) is 5.70. The first-order valence-corrected chi connectivity index (χ1v) is 8.90. The third kappa shape index (κ3) is 4.28. The van der Waals surface area contributed by atoms with Crippen LogP contribution < -0.4 is 10.0 Å². The van der Waals surface area contributed by atoms with Gasteiger partial charge in [0.1, 0.15) is 4.90 Å². The van der Waals surface area contributed by atoms with Crippen molar-refractivity contribution in [2.75, 3.05) is 6.54 Å². The molecule has 0 bridgehead atoms. The van der Waals surface area contributed by atoms with Gasteiger partial charge in [-0.3, -0.25) is 4.68 Å². The molecule has 1 fully saturated rings. The lowest BCUT2D eigenvalue weighted by molar-refractivity contribution is 0.490. The van der Waals surface area contributed by atoms with Crippen LogP contribution in [0, 0.1) is 13.8 Å². The molecule has 1 heterocycles. The first kappa shape index (κ1) is 16.5. The number of aromatic nitrogens is 2. The van der Waals surface area contributed by atoms with Crippen LogP contribution in [0.2, 0.25) is 0 Å². The Hall–Kier alpha value is -0.920. The second-order valence-electron chi connectivity index (χ2n) is 6.81. The van der Waals surface area contributed by atoms with E-state index in [2.05, 4.69) is 15.1 Å². The zero-order valence-corrected chi connectivity index (χ0v) is 14.3. The van der Waals surface area contributed by atoms with Crippen LogP contribution in [0.3, 0.4) is 0 Å². The Bertz CT molecular complexity index is 610. The molecule has 1 aromatic heterocycles. The smallest absolute Gasteiger partial charge is 0.244 e. The average Bonchev–Trinajstić information content (AvgIpc) is 3.02. The first-order valence-electron chi connectivity index (χ1n) is 7.41. The van der Waals surface area contributed by atoms with E-state index in [1.165, 1.54) is 12.8 Å². The lowest BCUT2D eigenvalue weighted by Gasteiger charge is -2.20. The number of hydrogen-bond donors (Lipinski definition) is 2. The van der Waals surface area contributed by atoms with Crippen LogP contribution in [-0.4, -0.2) is 36.3 Å². The van der Waals surface area contributed by atoms with Crippen molar-refractivity contribution >= 4 is 10.0 Å². The van der Waals surface area contributed by atoms with Gasteiger partial charge in [-0.05, 0) is 47.5 Å². The predicted octanol–water partition coefficient (Wildman–Crippen LogP) is 1.33. The Morgan fingerprint density at radius 2 is 1.90 bits per heavy atom. The van der Waals surface area contributed by atoms with E-state index in [1.807, 2.05) is 27.7 Å². The summed E-state index contributed by atoms with van der Waals surface area (Å²) in [6.07, 6.45) is 2.48. The Labute approximate surface area is 127 Å². The van der Waals surface area contributed by atoms with Crippen LogP contribution in [-0.2, 0) is 16.6 Å². The average molecular weight is 314 g/mol. The monoisotopic (exact) mass is 314 g/mol. The molecule has 0 atom stereocenters. The maximum atomic E-state index is 12.5. The van der Waals surface area contributed by atoms with Crippen LogP contribution in [0.5, 0.6) is 0 Å². The van der Waals surface area contributed by atoms with E-state index < -0.39 is 15.6 Å². The molecule has 0 saturated heterocycles. The van der Waals surface area contributed by atoms with Gasteiger partial charge in [-0.2, -0.15) is 5.10 Å². The Morgan fingerprint density at radius 3 is 2.43 bits per heavy atom. The summed E-state index contributed by atoms with van der Waals surface area (Å²) in [7, 11) is -3.54. The summed E-state index contributed by atoms with van der Waals surface area (Å²) in [5.41, 5.74) is 0.741. The quantitative estimate of drug-likeness (QED) is 0.830. The van der Waals surface area contributed by atoms with Crippen molar-refractivity contribution in [1.29, 1.82) is 0 Å². The fraction of sp³-hybridized carbons (Fsp3) is 0.786. The van der Waals surface area contributed by atoms with Crippen molar-refractivity contribution in [3.8, 4) is 0 Å². The minimum Gasteiger partial charge on any atom is -0.312 e. The molecule has 6 nitrogen and oxygen atoms in total. The highest BCUT2D eigenvalue weighted by molar-refractivity contribution is 7.89. The fourth-order valence-corrected chi connectivity index (χ4v) is 4.24. The molecule has 21 heavy (non-hydrogen) atoms. The molecular formula is C14H26N4O2S. The fourth-order valence-electron chi connectivity index (χ4n) is 2.40. The van der Waals surface area contributed by atoms with Crippen molar-refractivity contribution in [2.24, 2.45) is 0 Å². The summed E-state index contributed by atoms with van der Waals surface area (Å²) in [5.74, 6) is 0. The van der Waals surface area contributed by atoms with E-state index in [4.69, 9.17) is 0 Å². The molecule has 1 aliphatic carbocycles. The molecule has 2 N–H and O–H groups in total. The summed E-state index contributed by atoms with van der Waals surface area (Å²) in [6.45, 7) is 10.6. The molecule has 2 rings (SSSR count). The van der Waals surface area contributed by atoms with E-state index in [9.17, 15) is 8.42 Å². The van der Waals surface area contributed by atoms with Crippen molar-refractivity contribution in [1.82, 2.24) is 19.8 Å². The summed E-state index contributed by atoms with van der Waals surface area (Å²) in [4.78, 5) is 0.309. The van der Waals surface area contributed by atoms with E-state index in [-0.39, 0.29) is 0 Å². The normalized spacial score (nSPS) is 16.4. The van der Waals surface area contributed by atoms with E-state index in [0.29, 0.717) is 28.9 Å². The summed E-state index contributed by atoms with van der Waals surface area (Å²) in [6, 6.07) is 0.646. The lowest BCUT2D eigenvalue weighted by atomic mass is 10.1. The van der Waals surface area contributed by atoms with Gasteiger partial charge in [-0.15, -0.1) is 0 Å². The number of aryl methyl sites for hydroxylation is 1. The van der Waals surface area contributed by atoms with Gasteiger partial charge in [0.25, 0.3) is 0 Å². The van der Waals surface area contributed by atoms with Crippen LogP contribution >= 0.6 is 0 Å². The molecule has 7 heteroatoms. The first-order chi connectivity index (χ1) is 9.60. The maximum Gasteiger partial charge on any atom is 0.244 e. The highest BCUT2D eigenvalue weighted by Crippen LogP contribution is 2.21. The molecule has 1 aromatic rings. The van der Waals surface area contributed by atoms with Crippen molar-refractivity contribution < 1.29 is 8.42 Å². The highest BCUT2D eigenvalue weighted by Gasteiger charge is 2.28. The molecule has 0 unspecified atom stereocenters. The number of nitrogens with one attached hydrogen (secondary N) is 2. The Morgan fingerprint density at radius 1 is 1.29 bits per heavy atom. The third-order valence-corrected chi connectivity index (χ3v) is 5.37. The molecule has 0 spiro atoms. The van der Waals surface area contributed by atoms with Gasteiger partial charge in [0.15, 0.2) is 0 Å². The number of rotatable bonds is 6. The zero-order valence-electron chi connectivity index (χ0n) is 13.5. The lowest BCUT2D eigenvalue weighted by Crippen LogP contribution is -2.40. The van der Waals surface area contributed by atoms with Gasteiger partial charge in [0.05, 0.1) is 17.9 Å². The molecule has 0 aliphatic heterocycles. The Kier molecular flexibility index (Phi) is 4.46. The third-order valence-electron chi connectivity index (χ3n) is 3.36. The molecular weight excluding hydrogens is 288 g/mol. The van der Waals surface area contributed by atoms with Gasteiger partial charge >= 0.3 is 0 Å². The van der Waals surface area contributed by atoms with Crippen LogP contribution in [0.4, 0.5) is 0 Å². The Balaban J connectivity index is 2.17. The summed E-state index contributed by atoms with van der Waals surface area (Å²) >= 11 is 0. The second-order valence-corrected chi connectivity index (χ2v) is 8.43. The van der Waals surface area contributed by atoms with E-state index in [1.54, 1.807) is 11.6 Å². The van der Waals surface area contributed by atoms with E-state index >= 15 is 0 Å². The zero-order chi connectivity index (χ0) is 15.8. The molecule has 0 radical (unpaired) electrons. The number of hydrogen-bond acceptors (Lipinski definition) is 4. The number of sulfonamides is 1. The van der Waals surface area contributed by atoms with Gasteiger partial charge < -0.3 is 5.32 Å². The van der Waals surface area contributed by atoms with Crippen molar-refractivity contribution in [3.63, 3.8) is 0 Å². The van der Waals surface area contributed by atoms with Gasteiger partial charge in [0, 0.05) is 18.1 Å². The van der Waals surface area contributed by atoms with Crippen LogP contribution in [0.1, 0.15) is 45.0 Å². The summed E-state index contributed by atoms with van der Waals surface area (Å²) in [5, 5.41) is 7.79. The molecule has 0 aromatic carbocycles. The van der Waals surface area contributed by atoms with Crippen molar-refractivity contribution in [2.45, 2.75) is 70.5 Å². The topological polar surface area (TPSA) is 76.0 Å². The SMILES string of the molecule is Cc1nn(CCNC2CC2)c(C)c1S(=O)(=O)NC(C)(C)C. The van der Waals surface area contributed by atoms with Gasteiger partial charge in [-0.1, -0.05) is 0 Å². The molecule has 120 valence electrons. The molecule has 0 amide bonds. The van der Waals surface area contributed by atoms with Gasteiger partial charge in [0.2, 0.25) is 10.0 Å². The highest BCUT2D eigenvalue weighted by atomic mass is 32.2. The molecule has 1 aliphatic rings. The predicted molar refractivity (Wildman–Crippen MR) is 82.8 cm³/mol. The number of nitrogens with zero attached hydrogens (tertiary/aromatic N) is 2. The van der Waals surface area contributed by atoms with Gasteiger partial charge in [-0.25, -0.2) is 13.1 Å². The molecule has 1 saturated carbocycles. The van der Waals surface area contributed by atoms with Crippen LogP contribution in [0.15, 0.2) is 4.90 Å². The minimum absolute atomic E-state index is 0.309. The maximum absolute atomic E-state index is 12.5. The minimum atomic E-state index is -3.54. The largest absolute Gasteiger partial charge is 0.312 e. The van der Waals surface area contributed by atoms with E-state index in [0.717, 1.165) is 6.54 Å². The summed E-state index contributed by atoms with van der Waals surface area (Å²) < 4.78 is 29.5.